The topological polar surface area (TPSA) is 573 Å². The molecular weight excluding hydrogens is 2060 g/mol. The third-order valence-electron chi connectivity index (χ3n) is 24.6. The van der Waals surface area contributed by atoms with Crippen LogP contribution >= 0.6 is 31.9 Å². The Morgan fingerprint density at radius 3 is 0.933 bits per heavy atom. The van der Waals surface area contributed by atoms with Gasteiger partial charge < -0.3 is 56.0 Å². The molecule has 0 spiro atoms. The number of fused-ring (bicyclic) bond motifs is 2. The zero-order valence-corrected chi connectivity index (χ0v) is 92.0. The van der Waals surface area contributed by atoms with E-state index in [9.17, 15) is 33.6 Å². The summed E-state index contributed by atoms with van der Waals surface area (Å²) in [6.07, 6.45) is 30.2. The van der Waals surface area contributed by atoms with Gasteiger partial charge in [-0.1, -0.05) is 30.3 Å². The number of pyridine rings is 7. The number of carbonyl (C=O) groups is 7. The number of amides is 5. The van der Waals surface area contributed by atoms with Gasteiger partial charge in [-0.05, 0) is 382 Å². The van der Waals surface area contributed by atoms with E-state index in [1.807, 2.05) is 235 Å². The molecule has 804 valence electrons. The van der Waals surface area contributed by atoms with Crippen LogP contribution in [0.3, 0.4) is 0 Å². The predicted molar refractivity (Wildman–Crippen MR) is 546 cm³/mol. The Morgan fingerprint density at radius 2 is 0.667 bits per heavy atom. The molecule has 9 aromatic rings. The van der Waals surface area contributed by atoms with Crippen molar-refractivity contribution in [1.29, 1.82) is 0 Å². The summed E-state index contributed by atoms with van der Waals surface area (Å²) in [5.74, 6) is -1.35. The lowest BCUT2D eigenvalue weighted by Gasteiger charge is -2.30. The minimum atomic E-state index is -0.520. The van der Waals surface area contributed by atoms with Crippen molar-refractivity contribution in [2.75, 3.05) is 14.1 Å². The zero-order chi connectivity index (χ0) is 112. The molecular formula is C108H136Br2N18O22. The van der Waals surface area contributed by atoms with Crippen molar-refractivity contribution < 1.29 is 105 Å². The molecule has 5 amide bonds. The lowest BCUT2D eigenvalue weighted by molar-refractivity contribution is -0.193. The molecule has 7 fully saturated rings. The highest BCUT2D eigenvalue weighted by Gasteiger charge is 2.55. The molecule has 150 heavy (non-hydrogen) atoms. The summed E-state index contributed by atoms with van der Waals surface area (Å²) in [6, 6.07) is 29.8. The van der Waals surface area contributed by atoms with Crippen molar-refractivity contribution in [1.82, 2.24) is 86.8 Å². The lowest BCUT2D eigenvalue weighted by atomic mass is 9.86. The summed E-state index contributed by atoms with van der Waals surface area (Å²) in [7, 11) is 3.80. The molecule has 0 aromatic carbocycles. The van der Waals surface area contributed by atoms with Crippen molar-refractivity contribution in [3.05, 3.63) is 239 Å². The number of alkyl carbamates (subject to hydrolysis) is 2. The number of carbonyl (C=O) groups excluding carboxylic acids is 17. The lowest BCUT2D eigenvalue weighted by Crippen LogP contribution is -2.41. The van der Waals surface area contributed by atoms with Crippen molar-refractivity contribution >= 4 is 105 Å². The highest BCUT2D eigenvalue weighted by molar-refractivity contribution is 9.10. The van der Waals surface area contributed by atoms with E-state index in [0.29, 0.717) is 49.9 Å². The average molecular weight is 2200 g/mol. The van der Waals surface area contributed by atoms with Gasteiger partial charge in [0.2, 0.25) is 0 Å². The second-order valence-corrected chi connectivity index (χ2v) is 44.6. The third-order valence-corrected chi connectivity index (χ3v) is 25.6. The van der Waals surface area contributed by atoms with Gasteiger partial charge in [0.25, 0.3) is 11.8 Å². The maximum absolute atomic E-state index is 13.0. The number of nitrogens with two attached hydrogens (primary N) is 1. The maximum Gasteiger partial charge on any atom is 0.410 e. The maximum atomic E-state index is 13.0. The predicted octanol–water partition coefficient (Wildman–Crippen LogP) is 15.6. The van der Waals surface area contributed by atoms with E-state index in [1.54, 1.807) is 30.5 Å². The third kappa shape index (κ3) is 38.2. The van der Waals surface area contributed by atoms with Gasteiger partial charge in [-0.25, -0.2) is 14.4 Å². The van der Waals surface area contributed by atoms with Crippen LogP contribution in [-0.4, -0.2) is 175 Å². The number of aromatic nitrogens is 11. The quantitative estimate of drug-likeness (QED) is 0.0310. The van der Waals surface area contributed by atoms with E-state index < -0.39 is 39.1 Å². The molecule has 0 radical (unpaired) electrons. The molecule has 40 nitrogen and oxygen atoms in total. The van der Waals surface area contributed by atoms with Crippen LogP contribution in [0.5, 0.6) is 0 Å². The number of hydrogen-bond donors (Lipinski definition) is 8. The van der Waals surface area contributed by atoms with Crippen molar-refractivity contribution in [3.8, 4) is 0 Å². The summed E-state index contributed by atoms with van der Waals surface area (Å²) in [4.78, 5) is 200. The number of esters is 2. The molecule has 2 atom stereocenters. The molecule has 9 aliphatic rings. The van der Waals surface area contributed by atoms with Gasteiger partial charge in [-0.2, -0.15) is 58.1 Å². The van der Waals surface area contributed by atoms with Gasteiger partial charge in [0, 0.05) is 81.9 Å². The van der Waals surface area contributed by atoms with Crippen LogP contribution in [0.15, 0.2) is 143 Å². The summed E-state index contributed by atoms with van der Waals surface area (Å²) >= 11 is 6.68. The van der Waals surface area contributed by atoms with Gasteiger partial charge in [-0.3, -0.25) is 69.2 Å². The number of H-pyrrole nitrogens is 2. The average Bonchev–Trinajstić information content (AvgIpc) is 1.60. The number of rotatable bonds is 17. The van der Waals surface area contributed by atoms with E-state index in [-0.39, 0.29) is 112 Å². The first kappa shape index (κ1) is 123. The first-order valence-corrected chi connectivity index (χ1v) is 50.5. The smallest absolute Gasteiger partial charge is 0.410 e. The van der Waals surface area contributed by atoms with E-state index in [2.05, 4.69) is 133 Å². The fourth-order valence-corrected chi connectivity index (χ4v) is 16.3. The molecule has 0 bridgehead atoms. The molecule has 42 heteroatoms. The van der Waals surface area contributed by atoms with Gasteiger partial charge in [0.15, 0.2) is 11.4 Å². The van der Waals surface area contributed by atoms with Gasteiger partial charge >= 0.3 is 61.0 Å². The summed E-state index contributed by atoms with van der Waals surface area (Å²) in [5, 5.41) is 29.9. The number of nitrogens with one attached hydrogen (secondary N) is 7. The molecule has 7 saturated carbocycles. The Morgan fingerprint density at radius 1 is 0.373 bits per heavy atom. The van der Waals surface area contributed by atoms with Gasteiger partial charge in [0.1, 0.15) is 28.0 Å². The van der Waals surface area contributed by atoms with Crippen molar-refractivity contribution in [3.63, 3.8) is 0 Å². The van der Waals surface area contributed by atoms with Crippen molar-refractivity contribution in [2.24, 2.45) is 17.6 Å². The number of ether oxygens (including phenoxy) is 5. The number of aromatic amines is 2. The van der Waals surface area contributed by atoms with E-state index in [0.717, 1.165) is 159 Å². The zero-order valence-electron chi connectivity index (χ0n) is 88.8. The Bertz CT molecular complexity index is 6040. The van der Waals surface area contributed by atoms with Crippen LogP contribution in [-0.2, 0) is 146 Å². The fourth-order valence-electron chi connectivity index (χ4n) is 15.9. The van der Waals surface area contributed by atoms with Crippen LogP contribution < -0.4 is 32.3 Å². The molecule has 9 N–H and O–H groups in total. The first-order chi connectivity index (χ1) is 70.3. The summed E-state index contributed by atoms with van der Waals surface area (Å²) in [6.45, 7) is 36.0. The number of halogens is 2. The Hall–Kier alpha value is -14.1. The summed E-state index contributed by atoms with van der Waals surface area (Å²) in [5.41, 5.74) is 17.5. The Kier molecular flexibility index (Phi) is 43.7. The molecule has 9 aromatic heterocycles. The minimum Gasteiger partial charge on any atom is -0.460 e. The largest absolute Gasteiger partial charge is 0.460 e. The van der Waals surface area contributed by atoms with Crippen LogP contribution in [0.4, 0.5) is 14.4 Å². The monoisotopic (exact) mass is 2190 g/mol. The Labute approximate surface area is 889 Å². The van der Waals surface area contributed by atoms with Crippen molar-refractivity contribution in [2.45, 2.75) is 327 Å². The van der Waals surface area contributed by atoms with Gasteiger partial charge in [-0.15, -0.1) is 0 Å². The molecule has 9 heterocycles. The van der Waals surface area contributed by atoms with E-state index in [4.69, 9.17) is 77.4 Å². The standard InChI is InChI=1S/C22H28N4O3.C21H26N4O3.C15H22N2O2.C14H20N2O2.C13H17BrN2O2.C10H14N2.C8H9BrN2.5CO2/c1-13-5-8-17(23-12-13)22(9-10-22)24-19(27)18-15-11-14(6-7-16(15)25-26-18)20(28)29-21(2,3)4;1-20(2,3)28-19(27)13-7-8-15-14(12-13)17(25-24-15)18(26)23-21(9-10-21)16-6-4-5-11-22-16;1-11-6-7-12(16-10-11)15(8-9-15)17(5)13(18)19-14(2,3)4;1-10-5-6-11(15-9-10)14(7-8-14)16-12(17)18-13(2,3)4;1-12(2,3)18-11(17)16-13(6-7-13)10-5-4-9(14)8-15-10;1-8-3-4-9(12-7-8)10(11-2)5-6-10;9-6-1-2-7(11-5-6)8(10)3-4-8;5*2-1-3/h5,8,12,14H,6-7,9-11H2,1-4H3,(H,24,27)(H,25,26);4-6,11,13H,7-10,12H2,1-3H3,(H,23,26)(H,24,25);6-7,10H,8-9H2,1-5H3;5-6,9H,7-8H2,1-4H3,(H,16,17);4-5,8H,6-7H2,1-3H3,(H,16,17);3-4,7,11H,5-6H2,1-2H3;1-2,5H,3-4,10H2;;;;;. The fraction of sp³-hybridized carbons (Fsp3) is 0.509. The second-order valence-electron chi connectivity index (χ2n) is 42.8. The summed E-state index contributed by atoms with van der Waals surface area (Å²) < 4.78 is 29.0. The van der Waals surface area contributed by atoms with Crippen LogP contribution in [0.25, 0.3) is 0 Å². The Balaban J connectivity index is 0.000000235. The minimum absolute atomic E-state index is 0.0965. The van der Waals surface area contributed by atoms with Crippen LogP contribution in [0.1, 0.15) is 312 Å². The molecule has 9 aliphatic carbocycles. The molecule has 18 rings (SSSR count). The second kappa shape index (κ2) is 53.4. The van der Waals surface area contributed by atoms with E-state index >= 15 is 0 Å². The first-order valence-electron chi connectivity index (χ1n) is 48.9. The SMILES string of the molecule is CC(C)(C)OC(=O)C1CCc2[nH]nc(C(=O)NC3(c4ccccn4)CC3)c2C1.CC(C)(C)OC(=O)NC1(c2ccc(Br)cn2)CC1.CNC1(c2ccc(C)cn2)CC1.Cc1ccc(C2(N(C)C(=O)OC(C)(C)C)CC2)nc1.Cc1ccc(C2(NC(=O)OC(C)(C)C)CC2)nc1.Cc1ccc(C2(NC(=O)c3n[nH]c4c3CC(C(=O)OC(C)(C)C)CC4)CC2)nc1.NC1(c2ccc(Br)cn2)CC1.O=C=O.O=C=O.O=C=O.O=C=O.O=C=O. The highest BCUT2D eigenvalue weighted by atomic mass is 79.9. The van der Waals surface area contributed by atoms with Crippen LogP contribution in [0.2, 0.25) is 0 Å². The molecule has 2 unspecified atom stereocenters. The molecule has 0 aliphatic heterocycles. The number of aryl methyl sites for hydroxylation is 6. The number of nitrogens with zero attached hydrogens (tertiary/aromatic N) is 10. The molecule has 0 saturated heterocycles. The normalized spacial score (nSPS) is 17.1. The number of hydrogen-bond acceptors (Lipinski definition) is 33. The van der Waals surface area contributed by atoms with E-state index in [1.165, 1.54) is 24.1 Å². The highest BCUT2D eigenvalue weighted by Crippen LogP contribution is 2.52. The van der Waals surface area contributed by atoms with Gasteiger partial charge in [0.05, 0.1) is 90.5 Å². The van der Waals surface area contributed by atoms with Crippen LogP contribution in [0, 0.1) is 39.5 Å².